The Labute approximate surface area is 163 Å². The van der Waals surface area contributed by atoms with Crippen molar-refractivity contribution in [3.8, 4) is 11.5 Å². The van der Waals surface area contributed by atoms with Gasteiger partial charge in [-0.25, -0.2) is 0 Å². The lowest BCUT2D eigenvalue weighted by atomic mass is 9.87. The number of carbonyl (C=O) groups is 1. The molecular formula is C20H16Br2O3. The van der Waals surface area contributed by atoms with Crippen molar-refractivity contribution in [3.63, 3.8) is 0 Å². The summed E-state index contributed by atoms with van der Waals surface area (Å²) < 4.78 is 1.51. The number of allylic oxidation sites excluding steroid dienone is 2. The molecule has 0 unspecified atom stereocenters. The van der Waals surface area contributed by atoms with Gasteiger partial charge in [-0.05, 0) is 66.8 Å². The molecule has 0 saturated heterocycles. The third kappa shape index (κ3) is 4.22. The first-order valence-electron chi connectivity index (χ1n) is 7.87. The minimum Gasteiger partial charge on any atom is -0.508 e. The molecule has 1 fully saturated rings. The maximum absolute atomic E-state index is 12.8. The standard InChI is InChI=1S/C20H16Br2O3/c21-18-10-16(23)6-4-12(18)8-14-2-1-3-15(20(14)25)9-13-5-7-17(24)11-19(13)22/h4-11,23-24H,1-3H2. The number of ketones is 1. The molecule has 0 atom stereocenters. The molecule has 0 aromatic heterocycles. The monoisotopic (exact) mass is 462 g/mol. The fraction of sp³-hybridized carbons (Fsp3) is 0.150. The molecule has 0 heterocycles. The maximum atomic E-state index is 12.8. The zero-order valence-corrected chi connectivity index (χ0v) is 16.5. The maximum Gasteiger partial charge on any atom is 0.185 e. The fourth-order valence-corrected chi connectivity index (χ4v) is 3.78. The van der Waals surface area contributed by atoms with Crippen LogP contribution in [0.15, 0.2) is 56.5 Å². The van der Waals surface area contributed by atoms with Crippen molar-refractivity contribution in [2.75, 3.05) is 0 Å². The molecule has 2 N–H and O–H groups in total. The predicted octanol–water partition coefficient (Wildman–Crippen LogP) is 5.84. The van der Waals surface area contributed by atoms with Gasteiger partial charge in [-0.15, -0.1) is 0 Å². The third-order valence-corrected chi connectivity index (χ3v) is 5.48. The SMILES string of the molecule is O=C1C(=Cc2ccc(O)cc2Br)CCCC1=Cc1ccc(O)cc1Br. The molecule has 0 aliphatic heterocycles. The Kier molecular flexibility index (Phi) is 5.45. The summed E-state index contributed by atoms with van der Waals surface area (Å²) >= 11 is 6.84. The first-order chi connectivity index (χ1) is 11.9. The van der Waals surface area contributed by atoms with Crippen LogP contribution in [0.3, 0.4) is 0 Å². The van der Waals surface area contributed by atoms with Crippen molar-refractivity contribution in [2.45, 2.75) is 19.3 Å². The number of hydrogen-bond acceptors (Lipinski definition) is 3. The zero-order chi connectivity index (χ0) is 18.0. The van der Waals surface area contributed by atoms with Gasteiger partial charge < -0.3 is 10.2 Å². The van der Waals surface area contributed by atoms with E-state index in [1.54, 1.807) is 36.4 Å². The minimum atomic E-state index is 0.0474. The third-order valence-electron chi connectivity index (χ3n) is 4.10. The van der Waals surface area contributed by atoms with Crippen molar-refractivity contribution in [1.82, 2.24) is 0 Å². The van der Waals surface area contributed by atoms with Crippen LogP contribution in [-0.4, -0.2) is 16.0 Å². The molecule has 1 aliphatic carbocycles. The molecule has 2 aromatic rings. The van der Waals surface area contributed by atoms with Crippen molar-refractivity contribution < 1.29 is 15.0 Å². The van der Waals surface area contributed by atoms with Crippen molar-refractivity contribution in [2.24, 2.45) is 0 Å². The molecule has 0 radical (unpaired) electrons. The van der Waals surface area contributed by atoms with E-state index < -0.39 is 0 Å². The molecule has 128 valence electrons. The average molecular weight is 464 g/mol. The number of aromatic hydroxyl groups is 2. The van der Waals surface area contributed by atoms with Crippen LogP contribution < -0.4 is 0 Å². The second-order valence-electron chi connectivity index (χ2n) is 5.93. The largest absolute Gasteiger partial charge is 0.508 e. The molecule has 0 amide bonds. The highest BCUT2D eigenvalue weighted by molar-refractivity contribution is 9.10. The molecule has 25 heavy (non-hydrogen) atoms. The second kappa shape index (κ2) is 7.58. The van der Waals surface area contributed by atoms with Crippen molar-refractivity contribution >= 4 is 49.8 Å². The van der Waals surface area contributed by atoms with E-state index in [0.29, 0.717) is 0 Å². The fourth-order valence-electron chi connectivity index (χ4n) is 2.82. The molecule has 1 aliphatic rings. The van der Waals surface area contributed by atoms with Crippen LogP contribution in [0.25, 0.3) is 12.2 Å². The van der Waals surface area contributed by atoms with Gasteiger partial charge in [-0.1, -0.05) is 44.0 Å². The van der Waals surface area contributed by atoms with Gasteiger partial charge in [0.25, 0.3) is 0 Å². The Morgan fingerprint density at radius 2 is 1.24 bits per heavy atom. The lowest BCUT2D eigenvalue weighted by Crippen LogP contribution is -2.12. The Morgan fingerprint density at radius 3 is 1.64 bits per heavy atom. The van der Waals surface area contributed by atoms with Crippen LogP contribution >= 0.6 is 31.9 Å². The molecule has 2 aromatic carbocycles. The van der Waals surface area contributed by atoms with Gasteiger partial charge in [-0.3, -0.25) is 4.79 Å². The Balaban J connectivity index is 1.93. The highest BCUT2D eigenvalue weighted by Gasteiger charge is 2.21. The molecule has 3 nitrogen and oxygen atoms in total. The average Bonchev–Trinajstić information content (AvgIpc) is 2.56. The summed E-state index contributed by atoms with van der Waals surface area (Å²) in [5.41, 5.74) is 3.26. The van der Waals surface area contributed by atoms with Gasteiger partial charge in [0, 0.05) is 20.1 Å². The van der Waals surface area contributed by atoms with E-state index in [4.69, 9.17) is 0 Å². The van der Waals surface area contributed by atoms with Crippen molar-refractivity contribution in [1.29, 1.82) is 0 Å². The molecule has 5 heteroatoms. The van der Waals surface area contributed by atoms with Crippen LogP contribution in [0.2, 0.25) is 0 Å². The normalized spacial score (nSPS) is 18.1. The molecule has 0 bridgehead atoms. The molecule has 3 rings (SSSR count). The first kappa shape index (κ1) is 18.0. The van der Waals surface area contributed by atoms with Crippen LogP contribution in [-0.2, 0) is 4.79 Å². The zero-order valence-electron chi connectivity index (χ0n) is 13.3. The quantitative estimate of drug-likeness (QED) is 0.549. The number of carbonyl (C=O) groups excluding carboxylic acids is 1. The van der Waals surface area contributed by atoms with Crippen LogP contribution in [0.4, 0.5) is 0 Å². The van der Waals surface area contributed by atoms with E-state index in [2.05, 4.69) is 31.9 Å². The highest BCUT2D eigenvalue weighted by Crippen LogP contribution is 2.32. The predicted molar refractivity (Wildman–Crippen MR) is 106 cm³/mol. The Hall–Kier alpha value is -1.85. The number of phenolic OH excluding ortho intramolecular Hbond substituents is 2. The van der Waals surface area contributed by atoms with Gasteiger partial charge in [0.15, 0.2) is 5.78 Å². The van der Waals surface area contributed by atoms with Gasteiger partial charge in [0.05, 0.1) is 0 Å². The summed E-state index contributed by atoms with van der Waals surface area (Å²) in [6, 6.07) is 10.0. The molecule has 1 saturated carbocycles. The van der Waals surface area contributed by atoms with Crippen LogP contribution in [0, 0.1) is 0 Å². The number of phenols is 2. The Morgan fingerprint density at radius 1 is 0.800 bits per heavy atom. The first-order valence-corrected chi connectivity index (χ1v) is 9.45. The number of benzene rings is 2. The van der Waals surface area contributed by atoms with Crippen LogP contribution in [0.5, 0.6) is 11.5 Å². The van der Waals surface area contributed by atoms with E-state index in [9.17, 15) is 15.0 Å². The van der Waals surface area contributed by atoms with E-state index in [-0.39, 0.29) is 17.3 Å². The van der Waals surface area contributed by atoms with Crippen molar-refractivity contribution in [3.05, 3.63) is 67.6 Å². The van der Waals surface area contributed by atoms with E-state index in [1.165, 1.54) is 0 Å². The molecule has 0 spiro atoms. The summed E-state index contributed by atoms with van der Waals surface area (Å²) in [5, 5.41) is 19.0. The number of hydrogen-bond donors (Lipinski definition) is 2. The number of halogens is 2. The van der Waals surface area contributed by atoms with Gasteiger partial charge in [0.2, 0.25) is 0 Å². The summed E-state index contributed by atoms with van der Waals surface area (Å²) in [6.07, 6.45) is 6.14. The van der Waals surface area contributed by atoms with E-state index in [1.807, 2.05) is 12.2 Å². The number of Topliss-reactive ketones (excluding diaryl/α,β-unsaturated/α-hetero) is 1. The minimum absolute atomic E-state index is 0.0474. The lowest BCUT2D eigenvalue weighted by Gasteiger charge is -2.17. The summed E-state index contributed by atoms with van der Waals surface area (Å²) in [4.78, 5) is 12.8. The molecular weight excluding hydrogens is 448 g/mol. The van der Waals surface area contributed by atoms with Gasteiger partial charge in [0.1, 0.15) is 11.5 Å². The summed E-state index contributed by atoms with van der Waals surface area (Å²) in [7, 11) is 0. The van der Waals surface area contributed by atoms with Gasteiger partial charge in [-0.2, -0.15) is 0 Å². The second-order valence-corrected chi connectivity index (χ2v) is 7.64. The highest BCUT2D eigenvalue weighted by atomic mass is 79.9. The lowest BCUT2D eigenvalue weighted by molar-refractivity contribution is -0.112. The number of rotatable bonds is 2. The van der Waals surface area contributed by atoms with E-state index in [0.717, 1.165) is 50.5 Å². The summed E-state index contributed by atoms with van der Waals surface area (Å²) in [5.74, 6) is 0.412. The van der Waals surface area contributed by atoms with Gasteiger partial charge >= 0.3 is 0 Å². The van der Waals surface area contributed by atoms with E-state index >= 15 is 0 Å². The smallest absolute Gasteiger partial charge is 0.185 e. The topological polar surface area (TPSA) is 57.5 Å². The summed E-state index contributed by atoms with van der Waals surface area (Å²) in [6.45, 7) is 0. The van der Waals surface area contributed by atoms with Crippen LogP contribution in [0.1, 0.15) is 30.4 Å². The Bertz CT molecular complexity index is 826.